The molecule has 0 aliphatic heterocycles. The Balaban J connectivity index is 3.14. The van der Waals surface area contributed by atoms with E-state index < -0.39 is 34.7 Å². The molecule has 0 amide bonds. The van der Waals surface area contributed by atoms with Gasteiger partial charge in [0.2, 0.25) is 0 Å². The van der Waals surface area contributed by atoms with Gasteiger partial charge < -0.3 is 0 Å². The van der Waals surface area contributed by atoms with E-state index in [9.17, 15) is 33.3 Å². The number of hydrogen-bond acceptors (Lipinski definition) is 4. The summed E-state index contributed by atoms with van der Waals surface area (Å²) in [5, 5.41) is 28.0. The average Bonchev–Trinajstić information content (AvgIpc) is 2.62. The molecule has 0 saturated heterocycles. The summed E-state index contributed by atoms with van der Waals surface area (Å²) in [6, 6.07) is 7.38. The van der Waals surface area contributed by atoms with Crippen LogP contribution < -0.4 is 10.4 Å². The van der Waals surface area contributed by atoms with Crippen molar-refractivity contribution in [3.05, 3.63) is 62.8 Å². The van der Waals surface area contributed by atoms with Gasteiger partial charge in [-0.3, -0.25) is 0 Å². The van der Waals surface area contributed by atoms with Gasteiger partial charge in [-0.05, 0) is 31.2 Å². The van der Waals surface area contributed by atoms with Gasteiger partial charge in [-0.2, -0.15) is 29.6 Å². The normalized spacial score (nSPS) is 9.81. The monoisotopic (exact) mass is 356 g/mol. The average molecular weight is 356 g/mol. The quantitative estimate of drug-likeness (QED) is 0.580. The number of nitriles is 3. The fourth-order valence-electron chi connectivity index (χ4n) is 2.47. The van der Waals surface area contributed by atoms with Crippen molar-refractivity contribution in [2.75, 3.05) is 0 Å². The van der Waals surface area contributed by atoms with Crippen LogP contribution in [0.2, 0.25) is 0 Å². The van der Waals surface area contributed by atoms with Crippen LogP contribution in [0.25, 0.3) is 11.1 Å². The zero-order valence-corrected chi connectivity index (χ0v) is 13.5. The molecule has 26 heavy (non-hydrogen) atoms. The van der Waals surface area contributed by atoms with Crippen molar-refractivity contribution >= 4 is 11.1 Å². The second-order valence-corrected chi connectivity index (χ2v) is 5.35. The standard InChI is InChI=1S/C18H8F4N4/c1-8(2)13-10(5-23)3-9(4-11(13)6-24)12(7-25)14-15(19)17(21)26-18(22)16(14)20/h3-4H,1-2H3. The van der Waals surface area contributed by atoms with Crippen LogP contribution in [0.1, 0.15) is 30.5 Å². The largest absolute Gasteiger partial charge is 0.252 e. The lowest BCUT2D eigenvalue weighted by Gasteiger charge is -2.06. The van der Waals surface area contributed by atoms with Gasteiger partial charge in [-0.25, -0.2) is 8.78 Å². The van der Waals surface area contributed by atoms with Gasteiger partial charge in [0.05, 0.1) is 34.4 Å². The van der Waals surface area contributed by atoms with Crippen molar-refractivity contribution < 1.29 is 17.6 Å². The van der Waals surface area contributed by atoms with Gasteiger partial charge in [-0.15, -0.1) is 0 Å². The first-order valence-electron chi connectivity index (χ1n) is 7.03. The summed E-state index contributed by atoms with van der Waals surface area (Å²) in [6.07, 6.45) is 0. The highest BCUT2D eigenvalue weighted by atomic mass is 19.2. The summed E-state index contributed by atoms with van der Waals surface area (Å²) in [6.45, 7) is 3.30. The molecule has 4 nitrogen and oxygen atoms in total. The van der Waals surface area contributed by atoms with Gasteiger partial charge in [0.25, 0.3) is 11.9 Å². The Kier molecular flexibility index (Phi) is 5.05. The first kappa shape index (κ1) is 18.6. The number of aromatic nitrogens is 1. The molecule has 0 aliphatic rings. The topological polar surface area (TPSA) is 84.3 Å². The van der Waals surface area contributed by atoms with E-state index in [1.807, 2.05) is 12.1 Å². The van der Waals surface area contributed by atoms with E-state index in [0.717, 1.165) is 12.1 Å². The highest BCUT2D eigenvalue weighted by Crippen LogP contribution is 2.22. The fourth-order valence-corrected chi connectivity index (χ4v) is 2.47. The molecule has 2 rings (SSSR count). The Morgan fingerprint density at radius 1 is 0.885 bits per heavy atom. The maximum absolute atomic E-state index is 14.0. The summed E-state index contributed by atoms with van der Waals surface area (Å²) in [5.74, 6) is -7.52. The molecule has 0 saturated carbocycles. The highest BCUT2D eigenvalue weighted by Gasteiger charge is 2.24. The highest BCUT2D eigenvalue weighted by molar-refractivity contribution is 5.77. The van der Waals surface area contributed by atoms with Crippen LogP contribution in [-0.2, 0) is 0 Å². The van der Waals surface area contributed by atoms with Gasteiger partial charge in [0.15, 0.2) is 11.6 Å². The van der Waals surface area contributed by atoms with E-state index in [-0.39, 0.29) is 16.3 Å². The maximum atomic E-state index is 14.0. The van der Waals surface area contributed by atoms with Crippen molar-refractivity contribution in [1.29, 1.82) is 15.8 Å². The van der Waals surface area contributed by atoms with Crippen LogP contribution in [0.3, 0.4) is 0 Å². The molecule has 128 valence electrons. The third-order valence-electron chi connectivity index (χ3n) is 3.53. The minimum Gasteiger partial charge on any atom is -0.201 e. The predicted molar refractivity (Wildman–Crippen MR) is 82.1 cm³/mol. The van der Waals surface area contributed by atoms with Gasteiger partial charge in [-0.1, -0.05) is 5.57 Å². The van der Waals surface area contributed by atoms with E-state index in [4.69, 9.17) is 0 Å². The molecule has 0 spiro atoms. The third-order valence-corrected chi connectivity index (χ3v) is 3.53. The molecular formula is C18H8F4N4. The van der Waals surface area contributed by atoms with Crippen molar-refractivity contribution in [1.82, 2.24) is 4.98 Å². The lowest BCUT2D eigenvalue weighted by molar-refractivity contribution is 0.404. The van der Waals surface area contributed by atoms with Crippen molar-refractivity contribution in [3.63, 3.8) is 0 Å². The molecule has 1 heterocycles. The van der Waals surface area contributed by atoms with Crippen LogP contribution in [0.5, 0.6) is 0 Å². The summed E-state index contributed by atoms with van der Waals surface area (Å²) >= 11 is 0. The maximum Gasteiger partial charge on any atom is 0.252 e. The van der Waals surface area contributed by atoms with Gasteiger partial charge in [0.1, 0.15) is 6.07 Å². The summed E-state index contributed by atoms with van der Waals surface area (Å²) in [4.78, 5) is 2.43. The minimum absolute atomic E-state index is 0.0254. The van der Waals surface area contributed by atoms with Crippen molar-refractivity contribution in [2.24, 2.45) is 0 Å². The van der Waals surface area contributed by atoms with E-state index in [1.165, 1.54) is 6.07 Å². The molecule has 1 aromatic carbocycles. The van der Waals surface area contributed by atoms with Crippen LogP contribution in [0.4, 0.5) is 17.6 Å². The third kappa shape index (κ3) is 2.99. The van der Waals surface area contributed by atoms with Gasteiger partial charge in [0, 0.05) is 5.22 Å². The van der Waals surface area contributed by atoms with E-state index >= 15 is 0 Å². The van der Waals surface area contributed by atoms with E-state index in [1.54, 1.807) is 13.8 Å². The molecule has 0 fully saturated rings. The van der Waals surface area contributed by atoms with Crippen molar-refractivity contribution in [3.8, 4) is 18.2 Å². The fraction of sp³-hybridized carbons (Fsp3) is 0.111. The molecule has 2 aromatic rings. The zero-order chi connectivity index (χ0) is 19.6. The first-order chi connectivity index (χ1) is 12.3. The van der Waals surface area contributed by atoms with Crippen LogP contribution in [-0.4, -0.2) is 4.98 Å². The number of rotatable bonds is 1. The molecule has 0 atom stereocenters. The number of pyridine rings is 1. The molecule has 0 N–H and O–H groups in total. The van der Waals surface area contributed by atoms with Crippen LogP contribution in [0, 0.1) is 57.5 Å². The predicted octanol–water partition coefficient (Wildman–Crippen LogP) is 2.29. The van der Waals surface area contributed by atoms with Gasteiger partial charge >= 0.3 is 0 Å². The molecule has 8 heteroatoms. The first-order valence-corrected chi connectivity index (χ1v) is 7.03. The number of benzene rings is 1. The second kappa shape index (κ2) is 7.04. The summed E-state index contributed by atoms with van der Waals surface area (Å²) < 4.78 is 54.7. The second-order valence-electron chi connectivity index (χ2n) is 5.35. The Hall–Kier alpha value is -3.70. The summed E-state index contributed by atoms with van der Waals surface area (Å²) in [5.41, 5.74) is -1.45. The molecule has 0 bridgehead atoms. The van der Waals surface area contributed by atoms with Crippen LogP contribution in [0.15, 0.2) is 12.1 Å². The molecular weight excluding hydrogens is 348 g/mol. The molecule has 0 unspecified atom stereocenters. The SMILES string of the molecule is CC(C)=c1c(C#N)cc(=C(C#N)c2c(F)c(F)nc(F)c2F)cc1C#N. The lowest BCUT2D eigenvalue weighted by atomic mass is 9.98. The molecule has 0 radical (unpaired) electrons. The lowest BCUT2D eigenvalue weighted by Crippen LogP contribution is -2.22. The summed E-state index contributed by atoms with van der Waals surface area (Å²) in [7, 11) is 0. The Morgan fingerprint density at radius 2 is 1.35 bits per heavy atom. The van der Waals surface area contributed by atoms with Crippen LogP contribution >= 0.6 is 0 Å². The smallest absolute Gasteiger partial charge is 0.201 e. The number of halogens is 4. The Labute approximate surface area is 145 Å². The molecule has 1 aromatic heterocycles. The Morgan fingerprint density at radius 3 is 1.69 bits per heavy atom. The number of hydrogen-bond donors (Lipinski definition) is 0. The zero-order valence-electron chi connectivity index (χ0n) is 13.5. The molecule has 0 aliphatic carbocycles. The Bertz CT molecular complexity index is 1110. The van der Waals surface area contributed by atoms with Crippen molar-refractivity contribution in [2.45, 2.75) is 13.8 Å². The van der Waals surface area contributed by atoms with E-state index in [2.05, 4.69) is 4.98 Å². The number of nitrogens with zero attached hydrogens (tertiary/aromatic N) is 4. The van der Waals surface area contributed by atoms with E-state index in [0.29, 0.717) is 10.8 Å². The minimum atomic E-state index is -1.91.